The molecule has 0 unspecified atom stereocenters. The van der Waals surface area contributed by atoms with Gasteiger partial charge in [0.05, 0.1) is 32.2 Å². The molecule has 10 heteroatoms. The molecule has 1 amide bonds. The quantitative estimate of drug-likeness (QED) is 0.496. The second-order valence-corrected chi connectivity index (χ2v) is 6.96. The van der Waals surface area contributed by atoms with Crippen molar-refractivity contribution in [3.8, 4) is 5.69 Å². The first-order valence-corrected chi connectivity index (χ1v) is 9.07. The minimum Gasteiger partial charge on any atom is -0.324 e. The number of para-hydroxylation sites is 1. The zero-order chi connectivity index (χ0) is 17.8. The van der Waals surface area contributed by atoms with Gasteiger partial charge in [0.1, 0.15) is 0 Å². The summed E-state index contributed by atoms with van der Waals surface area (Å²) in [5.74, 6) is -0.169. The highest BCUT2D eigenvalue weighted by Gasteiger charge is 2.13. The summed E-state index contributed by atoms with van der Waals surface area (Å²) in [4.78, 5) is 12.2. The first kappa shape index (κ1) is 18.0. The average Bonchev–Trinajstić information content (AvgIpc) is 3.07. The number of carbonyl (C=O) groups is 1. The highest BCUT2D eigenvalue weighted by Crippen LogP contribution is 2.32. The van der Waals surface area contributed by atoms with Crippen molar-refractivity contribution >= 4 is 58.2 Å². The molecule has 1 aromatic heterocycles. The van der Waals surface area contributed by atoms with Crippen molar-refractivity contribution in [2.24, 2.45) is 0 Å². The lowest BCUT2D eigenvalue weighted by Crippen LogP contribution is -2.15. The third kappa shape index (κ3) is 4.43. The molecule has 3 aromatic rings. The number of tetrazole rings is 1. The molecule has 0 bridgehead atoms. The summed E-state index contributed by atoms with van der Waals surface area (Å²) in [5, 5.41) is 15.6. The number of nitrogens with zero attached hydrogens (tertiary/aromatic N) is 4. The summed E-state index contributed by atoms with van der Waals surface area (Å²) in [5.41, 5.74) is 1.20. The first-order valence-electron chi connectivity index (χ1n) is 6.95. The van der Waals surface area contributed by atoms with E-state index < -0.39 is 0 Å². The fourth-order valence-corrected chi connectivity index (χ4v) is 3.22. The summed E-state index contributed by atoms with van der Waals surface area (Å²) in [7, 11) is 0. The van der Waals surface area contributed by atoms with E-state index in [0.29, 0.717) is 25.9 Å². The summed E-state index contributed by atoms with van der Waals surface area (Å²) < 4.78 is 1.56. The van der Waals surface area contributed by atoms with Crippen molar-refractivity contribution in [1.29, 1.82) is 0 Å². The van der Waals surface area contributed by atoms with Crippen LogP contribution in [0.25, 0.3) is 5.69 Å². The van der Waals surface area contributed by atoms with Gasteiger partial charge < -0.3 is 5.32 Å². The summed E-state index contributed by atoms with van der Waals surface area (Å²) in [6, 6.07) is 12.4. The summed E-state index contributed by atoms with van der Waals surface area (Å²) in [6.07, 6.45) is 0. The zero-order valence-corrected chi connectivity index (χ0v) is 15.6. The zero-order valence-electron chi connectivity index (χ0n) is 12.5. The number of amides is 1. The van der Waals surface area contributed by atoms with Crippen molar-refractivity contribution in [2.75, 3.05) is 11.1 Å². The van der Waals surface area contributed by atoms with E-state index in [1.807, 2.05) is 30.3 Å². The highest BCUT2D eigenvalue weighted by molar-refractivity contribution is 7.99. The molecular weight excluding hydrogens is 405 g/mol. The molecule has 0 radical (unpaired) electrons. The van der Waals surface area contributed by atoms with Crippen molar-refractivity contribution < 1.29 is 4.79 Å². The lowest BCUT2D eigenvalue weighted by molar-refractivity contribution is -0.113. The maximum atomic E-state index is 12.2. The lowest BCUT2D eigenvalue weighted by Gasteiger charge is -2.08. The van der Waals surface area contributed by atoms with Crippen LogP contribution in [0, 0.1) is 0 Å². The van der Waals surface area contributed by atoms with Crippen molar-refractivity contribution in [3.63, 3.8) is 0 Å². The van der Waals surface area contributed by atoms with Gasteiger partial charge in [-0.15, -0.1) is 5.10 Å². The molecule has 0 aliphatic rings. The van der Waals surface area contributed by atoms with Crippen LogP contribution in [0.1, 0.15) is 0 Å². The first-order chi connectivity index (χ1) is 12.0. The van der Waals surface area contributed by atoms with Gasteiger partial charge in [-0.3, -0.25) is 4.79 Å². The maximum absolute atomic E-state index is 12.2. The van der Waals surface area contributed by atoms with Crippen molar-refractivity contribution in [3.05, 3.63) is 57.5 Å². The number of halogens is 3. The topological polar surface area (TPSA) is 72.7 Å². The Morgan fingerprint density at radius 3 is 2.56 bits per heavy atom. The second-order valence-electron chi connectivity index (χ2n) is 4.79. The molecule has 0 aliphatic heterocycles. The maximum Gasteiger partial charge on any atom is 0.234 e. The van der Waals surface area contributed by atoms with E-state index in [9.17, 15) is 4.79 Å². The lowest BCUT2D eigenvalue weighted by atomic mass is 10.3. The molecule has 2 aromatic carbocycles. The van der Waals surface area contributed by atoms with Crippen LogP contribution in [0.5, 0.6) is 0 Å². The number of anilines is 1. The summed E-state index contributed by atoms with van der Waals surface area (Å²) >= 11 is 19.1. The normalized spacial score (nSPS) is 10.7. The molecule has 25 heavy (non-hydrogen) atoms. The Morgan fingerprint density at radius 1 is 1.08 bits per heavy atom. The molecule has 1 heterocycles. The SMILES string of the molecule is O=C(CSc1nnnn1-c1ccccc1)Nc1cc(Cl)c(Cl)cc1Cl. The van der Waals surface area contributed by atoms with Crippen LogP contribution in [-0.4, -0.2) is 31.9 Å². The highest BCUT2D eigenvalue weighted by atomic mass is 35.5. The van der Waals surface area contributed by atoms with Gasteiger partial charge in [0.2, 0.25) is 11.1 Å². The van der Waals surface area contributed by atoms with Gasteiger partial charge in [0, 0.05) is 0 Å². The predicted molar refractivity (Wildman–Crippen MR) is 100.0 cm³/mol. The largest absolute Gasteiger partial charge is 0.324 e. The van der Waals surface area contributed by atoms with E-state index in [4.69, 9.17) is 34.8 Å². The fraction of sp³-hybridized carbons (Fsp3) is 0.0667. The Bertz CT molecular complexity index is 903. The Labute approximate surface area is 162 Å². The van der Waals surface area contributed by atoms with E-state index in [1.165, 1.54) is 23.9 Å². The standard InChI is InChI=1S/C15H10Cl3N5OS/c16-10-6-12(18)13(7-11(10)17)19-14(24)8-25-15-20-21-22-23(15)9-4-2-1-3-5-9/h1-7H,8H2,(H,19,24). The number of nitrogens with one attached hydrogen (secondary N) is 1. The number of carbonyl (C=O) groups excluding carboxylic acids is 1. The van der Waals surface area contributed by atoms with Crippen LogP contribution in [0.2, 0.25) is 15.1 Å². The van der Waals surface area contributed by atoms with Crippen LogP contribution in [0.3, 0.4) is 0 Å². The Balaban J connectivity index is 1.66. The van der Waals surface area contributed by atoms with Crippen LogP contribution in [0.15, 0.2) is 47.6 Å². The van der Waals surface area contributed by atoms with Gasteiger partial charge in [0.25, 0.3) is 0 Å². The Hall–Kier alpha value is -1.80. The van der Waals surface area contributed by atoms with Gasteiger partial charge in [-0.1, -0.05) is 64.8 Å². The minimum absolute atomic E-state index is 0.101. The van der Waals surface area contributed by atoms with Gasteiger partial charge in [0.15, 0.2) is 0 Å². The number of aromatic nitrogens is 4. The molecule has 0 saturated carbocycles. The average molecular weight is 415 g/mol. The van der Waals surface area contributed by atoms with Crippen LogP contribution >= 0.6 is 46.6 Å². The van der Waals surface area contributed by atoms with Gasteiger partial charge in [-0.25, -0.2) is 0 Å². The van der Waals surface area contributed by atoms with Gasteiger partial charge >= 0.3 is 0 Å². The molecule has 128 valence electrons. The molecule has 0 fully saturated rings. The molecule has 0 spiro atoms. The minimum atomic E-state index is -0.270. The van der Waals surface area contributed by atoms with E-state index in [2.05, 4.69) is 20.8 Å². The second kappa shape index (κ2) is 8.05. The van der Waals surface area contributed by atoms with Crippen LogP contribution in [-0.2, 0) is 4.79 Å². The molecular formula is C15H10Cl3N5OS. The van der Waals surface area contributed by atoms with E-state index >= 15 is 0 Å². The van der Waals surface area contributed by atoms with Crippen molar-refractivity contribution in [1.82, 2.24) is 20.2 Å². The number of rotatable bonds is 5. The number of thioether (sulfide) groups is 1. The third-order valence-electron chi connectivity index (χ3n) is 3.06. The summed E-state index contributed by atoms with van der Waals surface area (Å²) in [6.45, 7) is 0. The van der Waals surface area contributed by atoms with E-state index in [1.54, 1.807) is 4.68 Å². The monoisotopic (exact) mass is 413 g/mol. The molecule has 3 rings (SSSR count). The van der Waals surface area contributed by atoms with Crippen molar-refractivity contribution in [2.45, 2.75) is 5.16 Å². The van der Waals surface area contributed by atoms with E-state index in [-0.39, 0.29) is 11.7 Å². The third-order valence-corrected chi connectivity index (χ3v) is 5.01. The molecule has 0 atom stereocenters. The molecule has 6 nitrogen and oxygen atoms in total. The van der Waals surface area contributed by atoms with Crippen LogP contribution in [0.4, 0.5) is 5.69 Å². The predicted octanol–water partition coefficient (Wildman–Crippen LogP) is 4.35. The van der Waals surface area contributed by atoms with Crippen LogP contribution < -0.4 is 5.32 Å². The molecule has 1 N–H and O–H groups in total. The van der Waals surface area contributed by atoms with E-state index in [0.717, 1.165) is 5.69 Å². The van der Waals surface area contributed by atoms with Gasteiger partial charge in [-0.05, 0) is 34.7 Å². The number of hydrogen-bond donors (Lipinski definition) is 1. The smallest absolute Gasteiger partial charge is 0.234 e. The number of hydrogen-bond acceptors (Lipinski definition) is 5. The Morgan fingerprint density at radius 2 is 1.80 bits per heavy atom. The Kier molecular flexibility index (Phi) is 5.80. The molecule has 0 saturated heterocycles. The number of benzene rings is 2. The molecule has 0 aliphatic carbocycles. The fourth-order valence-electron chi connectivity index (χ4n) is 1.93. The van der Waals surface area contributed by atoms with Gasteiger partial charge in [-0.2, -0.15) is 4.68 Å².